The van der Waals surface area contributed by atoms with Gasteiger partial charge in [-0.2, -0.15) is 0 Å². The molecule has 2 amide bonds. The fourth-order valence-electron chi connectivity index (χ4n) is 5.41. The van der Waals surface area contributed by atoms with E-state index < -0.39 is 64.2 Å². The van der Waals surface area contributed by atoms with E-state index in [9.17, 15) is 28.0 Å². The minimum Gasteiger partial charge on any atom is -0.349 e. The highest BCUT2D eigenvalue weighted by molar-refractivity contribution is 6.37. The predicted octanol–water partition coefficient (Wildman–Crippen LogP) is 4.31. The Kier molecular flexibility index (Phi) is 4.58. The van der Waals surface area contributed by atoms with Gasteiger partial charge in [0.2, 0.25) is 29.0 Å². The number of nitrogens with zero attached hydrogens (tertiary/aromatic N) is 1. The van der Waals surface area contributed by atoms with Crippen molar-refractivity contribution in [2.24, 2.45) is 11.8 Å². The zero-order chi connectivity index (χ0) is 24.6. The van der Waals surface area contributed by atoms with Crippen molar-refractivity contribution in [2.45, 2.75) is 11.7 Å². The Morgan fingerprint density at radius 1 is 0.829 bits per heavy atom. The average Bonchev–Trinajstić information content (AvgIpc) is 3.40. The van der Waals surface area contributed by atoms with Crippen molar-refractivity contribution >= 4 is 40.7 Å². The van der Waals surface area contributed by atoms with Crippen LogP contribution in [0.3, 0.4) is 0 Å². The van der Waals surface area contributed by atoms with E-state index in [4.69, 9.17) is 16.3 Å². The number of anilines is 1. The van der Waals surface area contributed by atoms with Crippen molar-refractivity contribution in [2.75, 3.05) is 4.90 Å². The maximum atomic E-state index is 14.7. The van der Waals surface area contributed by atoms with E-state index in [2.05, 4.69) is 0 Å². The summed E-state index contributed by atoms with van der Waals surface area (Å²) in [5, 5.41) is 0.204. The molecule has 3 unspecified atom stereocenters. The maximum Gasteiger partial charge on any atom is 0.241 e. The maximum absolute atomic E-state index is 14.7. The first-order chi connectivity index (χ1) is 16.8. The van der Waals surface area contributed by atoms with E-state index in [0.717, 1.165) is 12.1 Å². The molecule has 6 nitrogen and oxygen atoms in total. The minimum absolute atomic E-state index is 0.0720. The van der Waals surface area contributed by atoms with Gasteiger partial charge in [0.05, 0.1) is 23.6 Å². The van der Waals surface area contributed by atoms with Crippen molar-refractivity contribution in [1.82, 2.24) is 0 Å². The van der Waals surface area contributed by atoms with Gasteiger partial charge in [-0.05, 0) is 18.2 Å². The normalized spacial score (nSPS) is 24.4. The summed E-state index contributed by atoms with van der Waals surface area (Å²) in [6.07, 6.45) is -1.24. The molecule has 3 aromatic rings. The molecule has 2 aliphatic heterocycles. The number of hydrogen-bond acceptors (Lipinski definition) is 5. The molecule has 0 N–H and O–H groups in total. The van der Waals surface area contributed by atoms with Crippen molar-refractivity contribution < 1.29 is 32.7 Å². The average molecular weight is 494 g/mol. The Balaban J connectivity index is 1.57. The van der Waals surface area contributed by atoms with Gasteiger partial charge in [0.25, 0.3) is 0 Å². The SMILES string of the molecule is O=C1C2C(c3ccccc3Cl)OC3(C(=O)c4ccccc4C3=O)C2C(=O)N1c1ccc(F)cc1F. The molecule has 9 heteroatoms. The Hall–Kier alpha value is -3.75. The zero-order valence-electron chi connectivity index (χ0n) is 17.7. The van der Waals surface area contributed by atoms with E-state index in [1.165, 1.54) is 12.1 Å². The fraction of sp³-hybridized carbons (Fsp3) is 0.154. The predicted molar refractivity (Wildman–Crippen MR) is 119 cm³/mol. The van der Waals surface area contributed by atoms with Crippen LogP contribution in [0.5, 0.6) is 0 Å². The first-order valence-electron chi connectivity index (χ1n) is 10.7. The molecule has 3 aromatic carbocycles. The molecule has 3 atom stereocenters. The fourth-order valence-corrected chi connectivity index (χ4v) is 5.65. The third-order valence-corrected chi connectivity index (χ3v) is 7.23. The Morgan fingerprint density at radius 3 is 2.09 bits per heavy atom. The van der Waals surface area contributed by atoms with Crippen LogP contribution in [0.15, 0.2) is 66.7 Å². The van der Waals surface area contributed by atoms with Crippen LogP contribution in [0, 0.1) is 23.5 Å². The van der Waals surface area contributed by atoms with Crippen molar-refractivity contribution in [1.29, 1.82) is 0 Å². The van der Waals surface area contributed by atoms with Crippen molar-refractivity contribution in [3.8, 4) is 0 Å². The monoisotopic (exact) mass is 493 g/mol. The van der Waals surface area contributed by atoms with Gasteiger partial charge < -0.3 is 4.74 Å². The van der Waals surface area contributed by atoms with Crippen molar-refractivity contribution in [3.63, 3.8) is 0 Å². The molecule has 174 valence electrons. The minimum atomic E-state index is -2.31. The highest BCUT2D eigenvalue weighted by Crippen LogP contribution is 2.58. The van der Waals surface area contributed by atoms with E-state index >= 15 is 0 Å². The van der Waals surface area contributed by atoms with Gasteiger partial charge in [-0.25, -0.2) is 13.7 Å². The summed E-state index contributed by atoms with van der Waals surface area (Å²) in [7, 11) is 0. The molecule has 2 saturated heterocycles. The summed E-state index contributed by atoms with van der Waals surface area (Å²) >= 11 is 6.37. The van der Waals surface area contributed by atoms with Crippen molar-refractivity contribution in [3.05, 3.63) is 100 Å². The molecule has 0 saturated carbocycles. The smallest absolute Gasteiger partial charge is 0.241 e. The lowest BCUT2D eigenvalue weighted by molar-refractivity contribution is -0.127. The third-order valence-electron chi connectivity index (χ3n) is 6.88. The summed E-state index contributed by atoms with van der Waals surface area (Å²) in [4.78, 5) is 55.3. The second kappa shape index (κ2) is 7.37. The van der Waals surface area contributed by atoms with Crippen LogP contribution in [-0.4, -0.2) is 29.0 Å². The van der Waals surface area contributed by atoms with E-state index in [-0.39, 0.29) is 16.1 Å². The number of carbonyl (C=O) groups excluding carboxylic acids is 4. The number of ketones is 2. The van der Waals surface area contributed by atoms with Crippen LogP contribution in [0.1, 0.15) is 32.4 Å². The molecule has 2 heterocycles. The van der Waals surface area contributed by atoms with E-state index in [1.54, 1.807) is 36.4 Å². The van der Waals surface area contributed by atoms with Crippen LogP contribution < -0.4 is 4.90 Å². The number of imide groups is 1. The van der Waals surface area contributed by atoms with E-state index in [1.807, 2.05) is 0 Å². The standard InChI is InChI=1S/C26H14ClF2NO5/c27-16-8-4-3-7-15(16)21-19-20(25(34)30(24(19)33)18-10-9-12(28)11-17(18)29)26(35-21)22(31)13-5-1-2-6-14(13)23(26)32/h1-11,19-21H. The van der Waals surface area contributed by atoms with Crippen LogP contribution in [0.2, 0.25) is 5.02 Å². The molecular weight excluding hydrogens is 480 g/mol. The van der Waals surface area contributed by atoms with Gasteiger partial charge in [-0.1, -0.05) is 54.1 Å². The second-order valence-corrected chi connectivity index (χ2v) is 9.02. The van der Waals surface area contributed by atoms with Crippen LogP contribution in [0.25, 0.3) is 0 Å². The van der Waals surface area contributed by atoms with Gasteiger partial charge in [-0.3, -0.25) is 19.2 Å². The summed E-state index contributed by atoms with van der Waals surface area (Å²) in [6.45, 7) is 0. The first kappa shape index (κ1) is 21.8. The summed E-state index contributed by atoms with van der Waals surface area (Å²) in [5.41, 5.74) is -2.33. The summed E-state index contributed by atoms with van der Waals surface area (Å²) < 4.78 is 34.3. The Morgan fingerprint density at radius 2 is 1.46 bits per heavy atom. The molecule has 0 bridgehead atoms. The molecule has 3 aliphatic rings. The number of amides is 2. The van der Waals surface area contributed by atoms with E-state index in [0.29, 0.717) is 16.5 Å². The van der Waals surface area contributed by atoms with Gasteiger partial charge in [0.1, 0.15) is 11.6 Å². The topological polar surface area (TPSA) is 80.8 Å². The number of benzene rings is 3. The molecule has 1 spiro atoms. The largest absolute Gasteiger partial charge is 0.349 e. The highest BCUT2D eigenvalue weighted by Gasteiger charge is 2.75. The first-order valence-corrected chi connectivity index (χ1v) is 11.1. The molecule has 2 fully saturated rings. The molecule has 0 radical (unpaired) electrons. The summed E-state index contributed by atoms with van der Waals surface area (Å²) in [6, 6.07) is 14.9. The van der Waals surface area contributed by atoms with Gasteiger partial charge >= 0.3 is 0 Å². The van der Waals surface area contributed by atoms with Gasteiger partial charge in [-0.15, -0.1) is 0 Å². The molecular formula is C26H14ClF2NO5. The number of hydrogen-bond donors (Lipinski definition) is 0. The molecule has 35 heavy (non-hydrogen) atoms. The van der Waals surface area contributed by atoms with Gasteiger partial charge in [0.15, 0.2) is 0 Å². The number of fused-ring (bicyclic) bond motifs is 3. The summed E-state index contributed by atoms with van der Waals surface area (Å²) in [5.74, 6) is -8.27. The van der Waals surface area contributed by atoms with Crippen LogP contribution in [-0.2, 0) is 14.3 Å². The number of halogens is 3. The lowest BCUT2D eigenvalue weighted by Crippen LogP contribution is -2.51. The molecule has 1 aliphatic carbocycles. The number of ether oxygens (including phenoxy) is 1. The third kappa shape index (κ3) is 2.72. The van der Waals surface area contributed by atoms with Gasteiger partial charge in [0, 0.05) is 27.8 Å². The second-order valence-electron chi connectivity index (χ2n) is 8.61. The van der Waals surface area contributed by atoms with Crippen LogP contribution >= 0.6 is 11.6 Å². The molecule has 6 rings (SSSR count). The lowest BCUT2D eigenvalue weighted by atomic mass is 9.77. The van der Waals surface area contributed by atoms with Crippen LogP contribution in [0.4, 0.5) is 14.5 Å². The Bertz CT molecular complexity index is 1450. The quantitative estimate of drug-likeness (QED) is 0.392. The molecule has 0 aromatic heterocycles. The lowest BCUT2D eigenvalue weighted by Gasteiger charge is -2.27. The number of carbonyl (C=O) groups is 4. The Labute approximate surface area is 202 Å². The highest BCUT2D eigenvalue weighted by atomic mass is 35.5. The number of rotatable bonds is 2. The number of Topliss-reactive ketones (excluding diaryl/α,β-unsaturated/α-hetero) is 2. The zero-order valence-corrected chi connectivity index (χ0v) is 18.5.